The van der Waals surface area contributed by atoms with E-state index in [0.717, 1.165) is 33.2 Å². The highest BCUT2D eigenvalue weighted by Gasteiger charge is 2.41. The van der Waals surface area contributed by atoms with E-state index in [2.05, 4.69) is 46.7 Å². The Morgan fingerprint density at radius 1 is 0.767 bits per heavy atom. The second-order valence-corrected chi connectivity index (χ2v) is 11.3. The van der Waals surface area contributed by atoms with Gasteiger partial charge in [0, 0.05) is 23.2 Å². The van der Waals surface area contributed by atoms with E-state index in [0.29, 0.717) is 11.5 Å². The topological polar surface area (TPSA) is 69.0 Å². The average molecular weight is 571 g/mol. The molecule has 2 aromatic heterocycles. The van der Waals surface area contributed by atoms with Crippen molar-refractivity contribution in [2.75, 3.05) is 5.32 Å². The van der Waals surface area contributed by atoms with Gasteiger partial charge in [0.1, 0.15) is 28.5 Å². The average Bonchev–Trinajstić information content (AvgIpc) is 3.38. The van der Waals surface area contributed by atoms with E-state index in [4.69, 9.17) is 9.84 Å². The number of rotatable bonds is 6. The van der Waals surface area contributed by atoms with E-state index >= 15 is 0 Å². The lowest BCUT2D eigenvalue weighted by Gasteiger charge is -2.37. The molecule has 4 aromatic carbocycles. The summed E-state index contributed by atoms with van der Waals surface area (Å²) in [6, 6.07) is 38.7. The highest BCUT2D eigenvalue weighted by molar-refractivity contribution is 5.96. The zero-order valence-corrected chi connectivity index (χ0v) is 24.2. The number of carbonyl (C=O) groups is 1. The summed E-state index contributed by atoms with van der Waals surface area (Å²) >= 11 is 0. The van der Waals surface area contributed by atoms with Crippen LogP contribution in [-0.4, -0.2) is 26.5 Å². The summed E-state index contributed by atoms with van der Waals surface area (Å²) in [4.78, 5) is 17.3. The van der Waals surface area contributed by atoms with Gasteiger partial charge in [0.25, 0.3) is 0 Å². The number of anilines is 1. The van der Waals surface area contributed by atoms with Crippen molar-refractivity contribution in [2.45, 2.75) is 31.9 Å². The number of carbonyl (C=O) groups excluding carboxylic acids is 1. The Hall–Kier alpha value is -5.30. The van der Waals surface area contributed by atoms with Crippen LogP contribution in [0.15, 0.2) is 128 Å². The Balaban J connectivity index is 1.69. The van der Waals surface area contributed by atoms with Gasteiger partial charge in [0.2, 0.25) is 0 Å². The third-order valence-electron chi connectivity index (χ3n) is 7.20. The van der Waals surface area contributed by atoms with Crippen molar-refractivity contribution in [1.82, 2.24) is 14.8 Å². The van der Waals surface area contributed by atoms with Crippen LogP contribution >= 0.6 is 0 Å². The Morgan fingerprint density at radius 2 is 1.28 bits per heavy atom. The molecule has 0 radical (unpaired) electrons. The summed E-state index contributed by atoms with van der Waals surface area (Å²) in [5.74, 6) is -0.0155. The predicted molar refractivity (Wildman–Crippen MR) is 167 cm³/mol. The summed E-state index contributed by atoms with van der Waals surface area (Å²) in [6.45, 7) is 5.42. The molecular weight excluding hydrogens is 539 g/mol. The van der Waals surface area contributed by atoms with Crippen molar-refractivity contribution >= 4 is 22.8 Å². The Labute approximate surface area is 249 Å². The van der Waals surface area contributed by atoms with E-state index < -0.39 is 17.2 Å². The van der Waals surface area contributed by atoms with Crippen LogP contribution in [0.5, 0.6) is 0 Å². The molecule has 0 saturated carbocycles. The number of benzene rings is 4. The van der Waals surface area contributed by atoms with Crippen molar-refractivity contribution in [3.05, 3.63) is 150 Å². The third kappa shape index (κ3) is 5.37. The molecule has 0 saturated heterocycles. The fourth-order valence-corrected chi connectivity index (χ4v) is 5.47. The van der Waals surface area contributed by atoms with Crippen LogP contribution in [0.4, 0.5) is 15.0 Å². The van der Waals surface area contributed by atoms with E-state index in [-0.39, 0.29) is 5.82 Å². The molecule has 7 heteroatoms. The molecule has 43 heavy (non-hydrogen) atoms. The van der Waals surface area contributed by atoms with Crippen molar-refractivity contribution in [3.8, 4) is 11.3 Å². The Kier molecular flexibility index (Phi) is 7.24. The minimum absolute atomic E-state index is 0.316. The van der Waals surface area contributed by atoms with Gasteiger partial charge in [0.05, 0.1) is 5.52 Å². The van der Waals surface area contributed by atoms with Crippen molar-refractivity contribution in [2.24, 2.45) is 0 Å². The van der Waals surface area contributed by atoms with Crippen LogP contribution in [0.3, 0.4) is 0 Å². The first-order chi connectivity index (χ1) is 20.8. The number of halogens is 1. The van der Waals surface area contributed by atoms with E-state index in [9.17, 15) is 9.18 Å². The lowest BCUT2D eigenvalue weighted by molar-refractivity contribution is 0.0635. The highest BCUT2D eigenvalue weighted by Crippen LogP contribution is 2.44. The van der Waals surface area contributed by atoms with Crippen LogP contribution < -0.4 is 5.32 Å². The van der Waals surface area contributed by atoms with E-state index in [1.807, 2.05) is 65.3 Å². The summed E-state index contributed by atoms with van der Waals surface area (Å²) in [5, 5.41) is 8.81. The first-order valence-corrected chi connectivity index (χ1v) is 14.1. The maximum absolute atomic E-state index is 14.0. The molecule has 1 amide bonds. The molecule has 0 aliphatic heterocycles. The largest absolute Gasteiger partial charge is 0.444 e. The van der Waals surface area contributed by atoms with Gasteiger partial charge in [-0.1, -0.05) is 91.0 Å². The first-order valence-electron chi connectivity index (χ1n) is 14.1. The van der Waals surface area contributed by atoms with Gasteiger partial charge in [-0.15, -0.1) is 0 Å². The fourth-order valence-electron chi connectivity index (χ4n) is 5.47. The smallest absolute Gasteiger partial charge is 0.413 e. The normalized spacial score (nSPS) is 11.8. The monoisotopic (exact) mass is 570 g/mol. The molecule has 0 aliphatic carbocycles. The van der Waals surface area contributed by atoms with Crippen molar-refractivity contribution < 1.29 is 13.9 Å². The van der Waals surface area contributed by atoms with Gasteiger partial charge in [0.15, 0.2) is 0 Å². The summed E-state index contributed by atoms with van der Waals surface area (Å²) < 4.78 is 21.5. The quantitative estimate of drug-likeness (QED) is 0.204. The minimum atomic E-state index is -0.926. The van der Waals surface area contributed by atoms with Gasteiger partial charge >= 0.3 is 6.09 Å². The number of aromatic nitrogens is 3. The number of nitrogens with zero attached hydrogens (tertiary/aromatic N) is 3. The van der Waals surface area contributed by atoms with Crippen molar-refractivity contribution in [1.29, 1.82) is 0 Å². The summed E-state index contributed by atoms with van der Waals surface area (Å²) in [5.41, 5.74) is 3.46. The van der Waals surface area contributed by atoms with Gasteiger partial charge in [-0.25, -0.2) is 18.9 Å². The zero-order valence-electron chi connectivity index (χ0n) is 24.2. The van der Waals surface area contributed by atoms with Crippen LogP contribution in [0.1, 0.15) is 37.5 Å². The number of fused-ring (bicyclic) bond motifs is 1. The summed E-state index contributed by atoms with van der Waals surface area (Å²) in [6.07, 6.45) is 1.08. The van der Waals surface area contributed by atoms with Crippen LogP contribution in [-0.2, 0) is 10.3 Å². The van der Waals surface area contributed by atoms with Gasteiger partial charge in [-0.3, -0.25) is 5.32 Å². The fraction of sp³-hybridized carbons (Fsp3) is 0.139. The molecule has 6 rings (SSSR count). The third-order valence-corrected chi connectivity index (χ3v) is 7.20. The second-order valence-electron chi connectivity index (χ2n) is 11.3. The molecule has 0 unspecified atom stereocenters. The molecule has 6 nitrogen and oxygen atoms in total. The number of ether oxygens (including phenoxy) is 1. The number of amides is 1. The molecule has 2 heterocycles. The second kappa shape index (κ2) is 11.2. The van der Waals surface area contributed by atoms with E-state index in [1.165, 1.54) is 12.1 Å². The number of hydrogen-bond donors (Lipinski definition) is 1. The molecular formula is C36H31FN4O2. The molecule has 0 aliphatic rings. The Morgan fingerprint density at radius 3 is 1.77 bits per heavy atom. The SMILES string of the molecule is CC(C)(C)OC(=O)Nc1cc2c(cn1)c(-c1ccc(F)cc1)nn2C(c1ccccc1)(c1ccccc1)c1ccccc1. The highest BCUT2D eigenvalue weighted by atomic mass is 19.1. The molecule has 0 atom stereocenters. The first kappa shape index (κ1) is 27.8. The number of pyridine rings is 1. The number of nitrogens with one attached hydrogen (secondary N) is 1. The van der Waals surface area contributed by atoms with Crippen LogP contribution in [0.2, 0.25) is 0 Å². The standard InChI is InChI=1S/C36H31FN4O2/c1-35(2,3)43-34(42)39-32-23-31-30(24-38-32)33(25-19-21-29(37)22-20-25)40-41(31)36(26-13-7-4-8-14-26,27-15-9-5-10-16-27)28-17-11-6-12-18-28/h4-24H,1-3H3,(H,38,39,42). The molecule has 0 fully saturated rings. The molecule has 1 N–H and O–H groups in total. The predicted octanol–water partition coefficient (Wildman–Crippen LogP) is 8.42. The van der Waals surface area contributed by atoms with Gasteiger partial charge in [-0.2, -0.15) is 5.10 Å². The van der Waals surface area contributed by atoms with E-state index in [1.54, 1.807) is 39.1 Å². The van der Waals surface area contributed by atoms with Gasteiger partial charge in [-0.05, 0) is 61.7 Å². The van der Waals surface area contributed by atoms with Crippen LogP contribution in [0.25, 0.3) is 22.2 Å². The summed E-state index contributed by atoms with van der Waals surface area (Å²) in [7, 11) is 0. The molecule has 0 bridgehead atoms. The van der Waals surface area contributed by atoms with Crippen LogP contribution in [0, 0.1) is 5.82 Å². The zero-order chi connectivity index (χ0) is 30.0. The maximum Gasteiger partial charge on any atom is 0.413 e. The molecule has 214 valence electrons. The minimum Gasteiger partial charge on any atom is -0.444 e. The Bertz CT molecular complexity index is 1770. The maximum atomic E-state index is 14.0. The molecule has 0 spiro atoms. The molecule has 6 aromatic rings. The van der Waals surface area contributed by atoms with Crippen molar-refractivity contribution in [3.63, 3.8) is 0 Å². The number of hydrogen-bond acceptors (Lipinski definition) is 4. The lowest BCUT2D eigenvalue weighted by Crippen LogP contribution is -2.38. The lowest BCUT2D eigenvalue weighted by atomic mass is 9.77. The van der Waals surface area contributed by atoms with Gasteiger partial charge < -0.3 is 4.74 Å².